The molecular weight excluding hydrogens is 427 g/mol. The van der Waals surface area contributed by atoms with Crippen LogP contribution in [0.3, 0.4) is 0 Å². The van der Waals surface area contributed by atoms with E-state index in [0.717, 1.165) is 17.3 Å². The van der Waals surface area contributed by atoms with Crippen LogP contribution in [0.15, 0.2) is 61.2 Å². The van der Waals surface area contributed by atoms with Gasteiger partial charge in [0.05, 0.1) is 12.9 Å². The fourth-order valence-electron chi connectivity index (χ4n) is 2.42. The number of hydrogen-bond donors (Lipinski definition) is 0. The van der Waals surface area contributed by atoms with Crippen LogP contribution in [0.1, 0.15) is 17.2 Å². The molecule has 0 bridgehead atoms. The van der Waals surface area contributed by atoms with Crippen molar-refractivity contribution in [3.05, 3.63) is 87.4 Å². The first-order valence-electron chi connectivity index (χ1n) is 8.00. The molecule has 0 spiro atoms. The van der Waals surface area contributed by atoms with Gasteiger partial charge in [-0.3, -0.25) is 0 Å². The largest absolute Gasteiger partial charge is 0.447 e. The van der Waals surface area contributed by atoms with Crippen molar-refractivity contribution in [2.75, 3.05) is 0 Å². The van der Waals surface area contributed by atoms with E-state index < -0.39 is 6.10 Å². The maximum absolute atomic E-state index is 12.4. The Morgan fingerprint density at radius 2 is 1.85 bits per heavy atom. The second kappa shape index (κ2) is 9.51. The van der Waals surface area contributed by atoms with Gasteiger partial charge in [0.15, 0.2) is 0 Å². The Bertz CT molecular complexity index is 902. The summed E-state index contributed by atoms with van der Waals surface area (Å²) in [5, 5.41) is 1.24. The molecule has 27 heavy (non-hydrogen) atoms. The number of ether oxygens (including phenoxy) is 1. The van der Waals surface area contributed by atoms with Crippen molar-refractivity contribution >= 4 is 51.9 Å². The first-order valence-corrected chi connectivity index (χ1v) is 10.1. The van der Waals surface area contributed by atoms with Crippen LogP contribution in [0, 0.1) is 0 Å². The van der Waals surface area contributed by atoms with E-state index in [-0.39, 0.29) is 5.30 Å². The van der Waals surface area contributed by atoms with Crippen LogP contribution in [-0.4, -0.2) is 14.9 Å². The predicted molar refractivity (Wildman–Crippen MR) is 111 cm³/mol. The molecule has 3 aromatic rings. The number of aromatic nitrogens is 2. The number of halogens is 3. The highest BCUT2D eigenvalue weighted by atomic mass is 35.5. The average Bonchev–Trinajstić information content (AvgIpc) is 3.14. The van der Waals surface area contributed by atoms with Gasteiger partial charge in [-0.05, 0) is 41.6 Å². The Balaban J connectivity index is 1.70. The number of benzene rings is 2. The van der Waals surface area contributed by atoms with Crippen LogP contribution in [0.4, 0.5) is 4.79 Å². The van der Waals surface area contributed by atoms with Gasteiger partial charge in [-0.25, -0.2) is 9.78 Å². The van der Waals surface area contributed by atoms with Crippen LogP contribution in [-0.2, 0) is 17.0 Å². The van der Waals surface area contributed by atoms with E-state index in [2.05, 4.69) is 4.98 Å². The Morgan fingerprint density at radius 3 is 2.52 bits per heavy atom. The van der Waals surface area contributed by atoms with Gasteiger partial charge >= 0.3 is 5.30 Å². The Hall–Kier alpha value is -1.66. The lowest BCUT2D eigenvalue weighted by Crippen LogP contribution is -2.14. The van der Waals surface area contributed by atoms with Gasteiger partial charge in [0.2, 0.25) is 0 Å². The van der Waals surface area contributed by atoms with Gasteiger partial charge in [0.1, 0.15) is 6.10 Å². The number of imidazole rings is 1. The first-order chi connectivity index (χ1) is 13.0. The molecule has 0 N–H and O–H groups in total. The molecule has 4 nitrogen and oxygen atoms in total. The number of carbonyl (C=O) groups is 1. The molecular formula is C19H15Cl3N2O2S. The van der Waals surface area contributed by atoms with Crippen LogP contribution >= 0.6 is 46.6 Å². The third-order valence-corrected chi connectivity index (χ3v) is 5.38. The Kier molecular flexibility index (Phi) is 7.07. The average molecular weight is 442 g/mol. The maximum atomic E-state index is 12.4. The molecule has 0 fully saturated rings. The minimum Gasteiger partial charge on any atom is -0.447 e. The number of nitrogens with zero attached hydrogens (tertiary/aromatic N) is 2. The zero-order valence-corrected chi connectivity index (χ0v) is 17.1. The summed E-state index contributed by atoms with van der Waals surface area (Å²) in [4.78, 5) is 16.4. The molecule has 2 aromatic carbocycles. The van der Waals surface area contributed by atoms with Crippen molar-refractivity contribution < 1.29 is 9.53 Å². The molecule has 0 amide bonds. The normalized spacial score (nSPS) is 12.0. The van der Waals surface area contributed by atoms with Gasteiger partial charge in [0, 0.05) is 38.8 Å². The zero-order valence-electron chi connectivity index (χ0n) is 14.0. The summed E-state index contributed by atoms with van der Waals surface area (Å²) in [5.74, 6) is 0.488. The number of rotatable bonds is 6. The molecule has 0 saturated carbocycles. The molecule has 0 aliphatic heterocycles. The summed E-state index contributed by atoms with van der Waals surface area (Å²) in [5.41, 5.74) is 1.67. The van der Waals surface area contributed by atoms with Crippen LogP contribution in [0.5, 0.6) is 0 Å². The van der Waals surface area contributed by atoms with E-state index in [1.807, 2.05) is 16.7 Å². The third kappa shape index (κ3) is 5.91. The SMILES string of the molecule is O=C(OC(Cn1ccnc1)c1ccc(Cl)cc1Cl)SCc1ccc(Cl)cc1. The molecule has 0 radical (unpaired) electrons. The molecule has 8 heteroatoms. The second-order valence-electron chi connectivity index (χ2n) is 5.70. The molecule has 3 rings (SSSR count). The Labute approximate surface area is 176 Å². The van der Waals surface area contributed by atoms with E-state index in [1.54, 1.807) is 49.1 Å². The summed E-state index contributed by atoms with van der Waals surface area (Å²) >= 11 is 19.3. The molecule has 140 valence electrons. The van der Waals surface area contributed by atoms with E-state index >= 15 is 0 Å². The summed E-state index contributed by atoms with van der Waals surface area (Å²) in [7, 11) is 0. The van der Waals surface area contributed by atoms with Crippen molar-refractivity contribution in [3.63, 3.8) is 0 Å². The monoisotopic (exact) mass is 440 g/mol. The zero-order chi connectivity index (χ0) is 19.2. The van der Waals surface area contributed by atoms with E-state index in [9.17, 15) is 4.79 Å². The Morgan fingerprint density at radius 1 is 1.11 bits per heavy atom. The second-order valence-corrected chi connectivity index (χ2v) is 7.89. The van der Waals surface area contributed by atoms with Crippen molar-refractivity contribution in [3.8, 4) is 0 Å². The summed E-state index contributed by atoms with van der Waals surface area (Å²) < 4.78 is 7.52. The van der Waals surface area contributed by atoms with E-state index in [4.69, 9.17) is 39.5 Å². The molecule has 1 unspecified atom stereocenters. The molecule has 0 saturated heterocycles. The molecule has 0 aliphatic carbocycles. The van der Waals surface area contributed by atoms with Gasteiger partial charge in [-0.15, -0.1) is 0 Å². The fraction of sp³-hybridized carbons (Fsp3) is 0.158. The summed E-state index contributed by atoms with van der Waals surface area (Å²) in [6.07, 6.45) is 4.56. The maximum Gasteiger partial charge on any atom is 0.368 e. The van der Waals surface area contributed by atoms with E-state index in [0.29, 0.717) is 32.9 Å². The number of hydrogen-bond acceptors (Lipinski definition) is 4. The van der Waals surface area contributed by atoms with Gasteiger partial charge in [0.25, 0.3) is 0 Å². The smallest absolute Gasteiger partial charge is 0.368 e. The van der Waals surface area contributed by atoms with Gasteiger partial charge in [-0.1, -0.05) is 53.0 Å². The molecule has 0 aliphatic rings. The topological polar surface area (TPSA) is 44.1 Å². The number of thioether (sulfide) groups is 1. The summed E-state index contributed by atoms with van der Waals surface area (Å²) in [6, 6.07) is 12.5. The summed E-state index contributed by atoms with van der Waals surface area (Å²) in [6.45, 7) is 0.397. The first kappa shape index (κ1) is 20.1. The molecule has 1 atom stereocenters. The van der Waals surface area contributed by atoms with Gasteiger partial charge in [-0.2, -0.15) is 0 Å². The van der Waals surface area contributed by atoms with Crippen molar-refractivity contribution in [2.45, 2.75) is 18.4 Å². The van der Waals surface area contributed by atoms with Crippen LogP contribution < -0.4 is 0 Å². The quantitative estimate of drug-likeness (QED) is 0.401. The van der Waals surface area contributed by atoms with Crippen LogP contribution in [0.2, 0.25) is 15.1 Å². The van der Waals surface area contributed by atoms with Crippen molar-refractivity contribution in [2.24, 2.45) is 0 Å². The minimum absolute atomic E-state index is 0.388. The standard InChI is InChI=1S/C19H15Cl3N2O2S/c20-14-3-1-13(2-4-14)11-27-19(25)26-18(10-24-8-7-23-12-24)16-6-5-15(21)9-17(16)22/h1-9,12,18H,10-11H2. The predicted octanol–water partition coefficient (Wildman–Crippen LogP) is 6.65. The molecule has 1 aromatic heterocycles. The highest BCUT2D eigenvalue weighted by Gasteiger charge is 2.21. The third-order valence-electron chi connectivity index (χ3n) is 3.75. The van der Waals surface area contributed by atoms with E-state index in [1.165, 1.54) is 0 Å². The van der Waals surface area contributed by atoms with Crippen molar-refractivity contribution in [1.82, 2.24) is 9.55 Å². The molecule has 1 heterocycles. The van der Waals surface area contributed by atoms with Gasteiger partial charge < -0.3 is 9.30 Å². The highest BCUT2D eigenvalue weighted by molar-refractivity contribution is 8.12. The van der Waals surface area contributed by atoms with Crippen molar-refractivity contribution in [1.29, 1.82) is 0 Å². The van der Waals surface area contributed by atoms with Crippen LogP contribution in [0.25, 0.3) is 0 Å². The fourth-order valence-corrected chi connectivity index (χ4v) is 3.74. The lowest BCUT2D eigenvalue weighted by atomic mass is 10.1. The number of carbonyl (C=O) groups excluding carboxylic acids is 1. The highest BCUT2D eigenvalue weighted by Crippen LogP contribution is 2.31. The minimum atomic E-state index is -0.561. The lowest BCUT2D eigenvalue weighted by Gasteiger charge is -2.20. The lowest BCUT2D eigenvalue weighted by molar-refractivity contribution is 0.111.